The van der Waals surface area contributed by atoms with E-state index in [0.29, 0.717) is 17.7 Å². The second-order valence-corrected chi connectivity index (χ2v) is 8.19. The van der Waals surface area contributed by atoms with E-state index in [1.807, 2.05) is 0 Å². The van der Waals surface area contributed by atoms with E-state index < -0.39 is 28.2 Å². The Kier molecular flexibility index (Phi) is 6.18. The molecule has 172 valence electrons. The molecule has 0 radical (unpaired) electrons. The molecule has 1 aliphatic heterocycles. The van der Waals surface area contributed by atoms with Gasteiger partial charge in [-0.3, -0.25) is 30.0 Å². The number of aromatic nitrogens is 1. The molecule has 0 unspecified atom stereocenters. The Morgan fingerprint density at radius 3 is 2.38 bits per heavy atom. The zero-order valence-corrected chi connectivity index (χ0v) is 18.4. The topological polar surface area (TPSA) is 123 Å². The van der Waals surface area contributed by atoms with Gasteiger partial charge < -0.3 is 0 Å². The standard InChI is InChI=1S/C25H22N4O5/c1-17-6-2-4-8-20(17)28-23(31)25(22(30)27-24(28)32,13-10-18-11-14-26-15-12-18)16-19-7-3-5-9-21(19)29(33)34/h2-9,11-12,14-15H,10,13,16H2,1H3,(H,27,30,32)/t25-/m1/s1. The van der Waals surface area contributed by atoms with Gasteiger partial charge in [-0.15, -0.1) is 0 Å². The van der Waals surface area contributed by atoms with Crippen LogP contribution < -0.4 is 10.2 Å². The molecule has 1 atom stereocenters. The number of benzene rings is 2. The van der Waals surface area contributed by atoms with Crippen LogP contribution in [0.25, 0.3) is 0 Å². The van der Waals surface area contributed by atoms with Crippen molar-refractivity contribution in [1.82, 2.24) is 10.3 Å². The molecule has 0 aliphatic carbocycles. The van der Waals surface area contributed by atoms with Gasteiger partial charge in [0.1, 0.15) is 5.41 Å². The normalized spacial score (nSPS) is 18.0. The van der Waals surface area contributed by atoms with Crippen molar-refractivity contribution in [2.24, 2.45) is 5.41 Å². The number of hydrogen-bond donors (Lipinski definition) is 1. The minimum Gasteiger partial charge on any atom is -0.276 e. The number of carbonyl (C=O) groups is 3. The van der Waals surface area contributed by atoms with Gasteiger partial charge in [-0.25, -0.2) is 9.69 Å². The minimum absolute atomic E-state index is 0.0450. The zero-order valence-electron chi connectivity index (χ0n) is 18.4. The Hall–Kier alpha value is -4.40. The fraction of sp³-hybridized carbons (Fsp3) is 0.200. The number of anilines is 1. The first-order valence-electron chi connectivity index (χ1n) is 10.7. The molecular weight excluding hydrogens is 436 g/mol. The molecule has 1 aliphatic rings. The van der Waals surface area contributed by atoms with Crippen LogP contribution in [0.1, 0.15) is 23.1 Å². The van der Waals surface area contributed by atoms with E-state index in [-0.39, 0.29) is 24.1 Å². The summed E-state index contributed by atoms with van der Waals surface area (Å²) < 4.78 is 0. The number of amides is 4. The van der Waals surface area contributed by atoms with Crippen molar-refractivity contribution >= 4 is 29.2 Å². The molecule has 4 rings (SSSR count). The molecule has 2 aromatic carbocycles. The summed E-state index contributed by atoms with van der Waals surface area (Å²) in [6.07, 6.45) is 3.36. The maximum atomic E-state index is 14.0. The molecule has 2 heterocycles. The highest BCUT2D eigenvalue weighted by molar-refractivity contribution is 6.30. The first kappa shape index (κ1) is 22.8. The van der Waals surface area contributed by atoms with Crippen molar-refractivity contribution in [3.8, 4) is 0 Å². The van der Waals surface area contributed by atoms with E-state index in [4.69, 9.17) is 0 Å². The zero-order chi connectivity index (χ0) is 24.3. The van der Waals surface area contributed by atoms with Crippen molar-refractivity contribution in [2.45, 2.75) is 26.2 Å². The molecule has 1 N–H and O–H groups in total. The third-order valence-electron chi connectivity index (χ3n) is 6.10. The highest BCUT2D eigenvalue weighted by atomic mass is 16.6. The predicted molar refractivity (Wildman–Crippen MR) is 124 cm³/mol. The third kappa shape index (κ3) is 4.15. The van der Waals surface area contributed by atoms with Crippen LogP contribution in [-0.2, 0) is 22.4 Å². The largest absolute Gasteiger partial charge is 0.335 e. The van der Waals surface area contributed by atoms with Crippen molar-refractivity contribution in [2.75, 3.05) is 4.90 Å². The van der Waals surface area contributed by atoms with Crippen molar-refractivity contribution in [3.63, 3.8) is 0 Å². The van der Waals surface area contributed by atoms with Crippen LogP contribution >= 0.6 is 0 Å². The van der Waals surface area contributed by atoms with Gasteiger partial charge in [-0.1, -0.05) is 36.4 Å². The molecule has 1 aromatic heterocycles. The Bertz CT molecular complexity index is 1280. The van der Waals surface area contributed by atoms with Crippen molar-refractivity contribution in [3.05, 3.63) is 99.9 Å². The summed E-state index contributed by atoms with van der Waals surface area (Å²) in [4.78, 5) is 56.2. The van der Waals surface area contributed by atoms with E-state index in [9.17, 15) is 24.5 Å². The monoisotopic (exact) mass is 458 g/mol. The molecule has 4 amide bonds. The SMILES string of the molecule is Cc1ccccc1N1C(=O)NC(=O)[C@@](CCc2ccncc2)(Cc2ccccc2[N+](=O)[O-])C1=O. The minimum atomic E-state index is -1.73. The van der Waals surface area contributed by atoms with E-state index in [1.54, 1.807) is 61.8 Å². The molecule has 1 saturated heterocycles. The number of nitro groups is 1. The van der Waals surface area contributed by atoms with Gasteiger partial charge >= 0.3 is 6.03 Å². The van der Waals surface area contributed by atoms with Gasteiger partial charge in [0.2, 0.25) is 5.91 Å². The summed E-state index contributed by atoms with van der Waals surface area (Å²) in [5.74, 6) is -1.47. The number of aryl methyl sites for hydroxylation is 2. The summed E-state index contributed by atoms with van der Waals surface area (Å²) in [6.45, 7) is 1.76. The highest BCUT2D eigenvalue weighted by Gasteiger charge is 2.54. The molecule has 3 aromatic rings. The van der Waals surface area contributed by atoms with Crippen LogP contribution in [0.15, 0.2) is 73.1 Å². The third-order valence-corrected chi connectivity index (χ3v) is 6.10. The number of rotatable bonds is 7. The van der Waals surface area contributed by atoms with E-state index in [1.165, 1.54) is 18.2 Å². The lowest BCUT2D eigenvalue weighted by molar-refractivity contribution is -0.385. The number of para-hydroxylation sites is 2. The number of carbonyl (C=O) groups excluding carboxylic acids is 3. The lowest BCUT2D eigenvalue weighted by Gasteiger charge is -2.39. The second kappa shape index (κ2) is 9.22. The highest BCUT2D eigenvalue weighted by Crippen LogP contribution is 2.39. The Morgan fingerprint density at radius 2 is 1.68 bits per heavy atom. The molecule has 34 heavy (non-hydrogen) atoms. The molecule has 0 saturated carbocycles. The Labute approximate surface area is 195 Å². The second-order valence-electron chi connectivity index (χ2n) is 8.19. The smallest absolute Gasteiger partial charge is 0.276 e. The summed E-state index contributed by atoms with van der Waals surface area (Å²) in [5.41, 5.74) is 0.195. The quantitative estimate of drug-likeness (QED) is 0.327. The van der Waals surface area contributed by atoms with Crippen LogP contribution in [0.4, 0.5) is 16.2 Å². The number of pyridine rings is 1. The molecule has 9 nitrogen and oxygen atoms in total. The predicted octanol–water partition coefficient (Wildman–Crippen LogP) is 3.74. The van der Waals surface area contributed by atoms with Crippen LogP contribution in [0.5, 0.6) is 0 Å². The van der Waals surface area contributed by atoms with Crippen molar-refractivity contribution in [1.29, 1.82) is 0 Å². The molecule has 0 spiro atoms. The summed E-state index contributed by atoms with van der Waals surface area (Å²) >= 11 is 0. The Balaban J connectivity index is 1.82. The first-order valence-corrected chi connectivity index (χ1v) is 10.7. The van der Waals surface area contributed by atoms with Crippen LogP contribution in [0, 0.1) is 22.5 Å². The molecule has 0 bridgehead atoms. The number of nitro benzene ring substituents is 1. The average Bonchev–Trinajstić information content (AvgIpc) is 2.83. The number of urea groups is 1. The van der Waals surface area contributed by atoms with Crippen LogP contribution in [-0.4, -0.2) is 27.8 Å². The van der Waals surface area contributed by atoms with Gasteiger partial charge in [0, 0.05) is 30.4 Å². The average molecular weight is 458 g/mol. The number of barbiturate groups is 1. The van der Waals surface area contributed by atoms with E-state index in [2.05, 4.69) is 10.3 Å². The van der Waals surface area contributed by atoms with Crippen LogP contribution in [0.3, 0.4) is 0 Å². The molecule has 1 fully saturated rings. The first-order chi connectivity index (χ1) is 16.3. The molecule has 9 heteroatoms. The van der Waals surface area contributed by atoms with Gasteiger partial charge in [0.25, 0.3) is 11.6 Å². The maximum absolute atomic E-state index is 14.0. The number of nitrogens with zero attached hydrogens (tertiary/aromatic N) is 3. The van der Waals surface area contributed by atoms with Crippen LogP contribution in [0.2, 0.25) is 0 Å². The molecular formula is C25H22N4O5. The van der Waals surface area contributed by atoms with Gasteiger partial charge in [0.05, 0.1) is 10.6 Å². The number of nitrogens with one attached hydrogen (secondary N) is 1. The lowest BCUT2D eigenvalue weighted by atomic mass is 9.73. The summed E-state index contributed by atoms with van der Waals surface area (Å²) in [5, 5.41) is 14.0. The van der Waals surface area contributed by atoms with Gasteiger partial charge in [-0.05, 0) is 49.1 Å². The number of hydrogen-bond acceptors (Lipinski definition) is 6. The van der Waals surface area contributed by atoms with E-state index >= 15 is 0 Å². The fourth-order valence-corrected chi connectivity index (χ4v) is 4.24. The lowest BCUT2D eigenvalue weighted by Crippen LogP contribution is -2.65. The van der Waals surface area contributed by atoms with Gasteiger partial charge in [0.15, 0.2) is 0 Å². The van der Waals surface area contributed by atoms with Gasteiger partial charge in [-0.2, -0.15) is 0 Å². The number of imide groups is 2. The Morgan fingerprint density at radius 1 is 1.00 bits per heavy atom. The van der Waals surface area contributed by atoms with Crippen molar-refractivity contribution < 1.29 is 19.3 Å². The van der Waals surface area contributed by atoms with E-state index in [0.717, 1.165) is 10.5 Å². The maximum Gasteiger partial charge on any atom is 0.335 e. The fourth-order valence-electron chi connectivity index (χ4n) is 4.24. The summed E-state index contributed by atoms with van der Waals surface area (Å²) in [7, 11) is 0. The summed E-state index contributed by atoms with van der Waals surface area (Å²) in [6, 6.07) is 15.6.